The summed E-state index contributed by atoms with van der Waals surface area (Å²) in [6.45, 7) is 2.40. The van der Waals surface area contributed by atoms with Gasteiger partial charge in [-0.1, -0.05) is 0 Å². The minimum absolute atomic E-state index is 0.0662. The van der Waals surface area contributed by atoms with Gasteiger partial charge in [-0.25, -0.2) is 0 Å². The van der Waals surface area contributed by atoms with Gasteiger partial charge >= 0.3 is 5.97 Å². The first kappa shape index (κ1) is 15.6. The zero-order valence-electron chi connectivity index (χ0n) is 13.2. The monoisotopic (exact) mass is 312 g/mol. The van der Waals surface area contributed by atoms with Crippen molar-refractivity contribution in [2.75, 3.05) is 20.3 Å². The van der Waals surface area contributed by atoms with Crippen molar-refractivity contribution in [3.8, 4) is 0 Å². The van der Waals surface area contributed by atoms with E-state index in [4.69, 9.17) is 4.74 Å². The van der Waals surface area contributed by atoms with Crippen molar-refractivity contribution in [1.82, 2.24) is 20.9 Å². The lowest BCUT2D eigenvalue weighted by atomic mass is 9.84. The number of hydrazine groups is 2. The molecular formula is C15H25FN4O2. The number of esters is 1. The van der Waals surface area contributed by atoms with Crippen LogP contribution in [0.25, 0.3) is 0 Å². The summed E-state index contributed by atoms with van der Waals surface area (Å²) in [6.07, 6.45) is 5.48. The molecule has 4 unspecified atom stereocenters. The normalized spacial score (nSPS) is 34.5. The maximum Gasteiger partial charge on any atom is 0.312 e. The van der Waals surface area contributed by atoms with Gasteiger partial charge in [-0.3, -0.25) is 19.1 Å². The Balaban J connectivity index is 1.81. The number of rotatable bonds is 5. The summed E-state index contributed by atoms with van der Waals surface area (Å²) in [4.78, 5) is 14.7. The second-order valence-electron chi connectivity index (χ2n) is 6.39. The number of ether oxygens (including phenoxy) is 1. The number of allylic oxidation sites excluding steroid dienone is 1. The average Bonchev–Trinajstić information content (AvgIpc) is 3.06. The number of halogens is 1. The second-order valence-corrected chi connectivity index (χ2v) is 6.39. The SMILES string of the molecule is COC(=O)C1C(N2C=C(C)NN2)CC2CCC1N2CCCF. The third-order valence-corrected chi connectivity index (χ3v) is 5.13. The molecule has 0 spiro atoms. The summed E-state index contributed by atoms with van der Waals surface area (Å²) >= 11 is 0. The second kappa shape index (κ2) is 6.42. The maximum absolute atomic E-state index is 12.6. The molecule has 3 aliphatic rings. The summed E-state index contributed by atoms with van der Waals surface area (Å²) in [7, 11) is 1.45. The molecule has 0 amide bonds. The molecule has 0 radical (unpaired) electrons. The van der Waals surface area contributed by atoms with Crippen LogP contribution >= 0.6 is 0 Å². The Morgan fingerprint density at radius 1 is 1.45 bits per heavy atom. The summed E-state index contributed by atoms with van der Waals surface area (Å²) in [5.74, 6) is -0.375. The molecule has 2 saturated heterocycles. The predicted octanol–water partition coefficient (Wildman–Crippen LogP) is 0.927. The van der Waals surface area contributed by atoms with Crippen LogP contribution in [0.5, 0.6) is 0 Å². The molecule has 0 aromatic carbocycles. The Kier molecular flexibility index (Phi) is 4.54. The van der Waals surface area contributed by atoms with E-state index in [0.717, 1.165) is 31.5 Å². The fourth-order valence-corrected chi connectivity index (χ4v) is 4.22. The molecule has 7 heteroatoms. The number of methoxy groups -OCH3 is 1. The molecule has 3 rings (SSSR count). The lowest BCUT2D eigenvalue weighted by Crippen LogP contribution is -2.60. The van der Waals surface area contributed by atoms with Crippen LogP contribution in [-0.4, -0.2) is 54.3 Å². The van der Waals surface area contributed by atoms with Crippen molar-refractivity contribution in [3.63, 3.8) is 0 Å². The molecule has 4 atom stereocenters. The number of nitrogens with one attached hydrogen (secondary N) is 2. The van der Waals surface area contributed by atoms with Gasteiger partial charge in [0.05, 0.1) is 25.7 Å². The minimum atomic E-state index is -0.304. The number of piperidine rings is 1. The Hall–Kier alpha value is -1.34. The van der Waals surface area contributed by atoms with Crippen LogP contribution < -0.4 is 11.0 Å². The zero-order chi connectivity index (χ0) is 15.7. The Bertz CT molecular complexity index is 459. The van der Waals surface area contributed by atoms with Crippen molar-refractivity contribution in [2.45, 2.75) is 50.7 Å². The Morgan fingerprint density at radius 3 is 2.91 bits per heavy atom. The largest absolute Gasteiger partial charge is 0.469 e. The van der Waals surface area contributed by atoms with E-state index in [9.17, 15) is 9.18 Å². The molecule has 6 nitrogen and oxygen atoms in total. The fraction of sp³-hybridized carbons (Fsp3) is 0.800. The zero-order valence-corrected chi connectivity index (χ0v) is 13.2. The highest BCUT2D eigenvalue weighted by atomic mass is 19.1. The van der Waals surface area contributed by atoms with E-state index in [1.54, 1.807) is 0 Å². The van der Waals surface area contributed by atoms with E-state index in [1.807, 2.05) is 18.1 Å². The number of hydrogen-bond donors (Lipinski definition) is 2. The highest BCUT2D eigenvalue weighted by Crippen LogP contribution is 2.42. The number of nitrogens with zero attached hydrogens (tertiary/aromatic N) is 2. The van der Waals surface area contributed by atoms with Gasteiger partial charge in [0.2, 0.25) is 0 Å². The summed E-state index contributed by atoms with van der Waals surface area (Å²) in [6, 6.07) is 0.647. The van der Waals surface area contributed by atoms with Gasteiger partial charge < -0.3 is 10.2 Å². The summed E-state index contributed by atoms with van der Waals surface area (Å²) in [5.41, 5.74) is 7.20. The van der Waals surface area contributed by atoms with Crippen LogP contribution in [0.1, 0.15) is 32.6 Å². The lowest BCUT2D eigenvalue weighted by molar-refractivity contribution is -0.153. The van der Waals surface area contributed by atoms with E-state index in [1.165, 1.54) is 7.11 Å². The van der Waals surface area contributed by atoms with E-state index < -0.39 is 0 Å². The molecule has 0 aromatic rings. The van der Waals surface area contributed by atoms with E-state index in [2.05, 4.69) is 15.9 Å². The highest BCUT2D eigenvalue weighted by molar-refractivity contribution is 5.74. The maximum atomic E-state index is 12.6. The van der Waals surface area contributed by atoms with Crippen LogP contribution in [-0.2, 0) is 9.53 Å². The van der Waals surface area contributed by atoms with Crippen molar-refractivity contribution < 1.29 is 13.9 Å². The Labute approximate surface area is 130 Å². The van der Waals surface area contributed by atoms with Gasteiger partial charge in [-0.05, 0) is 32.6 Å². The van der Waals surface area contributed by atoms with E-state index in [0.29, 0.717) is 12.5 Å². The van der Waals surface area contributed by atoms with Crippen LogP contribution in [0.15, 0.2) is 11.9 Å². The molecule has 0 aromatic heterocycles. The van der Waals surface area contributed by atoms with Gasteiger partial charge in [-0.2, -0.15) is 0 Å². The number of carbonyl (C=O) groups is 1. The van der Waals surface area contributed by atoms with Crippen molar-refractivity contribution >= 4 is 5.97 Å². The first-order valence-corrected chi connectivity index (χ1v) is 8.03. The van der Waals surface area contributed by atoms with Crippen molar-refractivity contribution in [3.05, 3.63) is 11.9 Å². The van der Waals surface area contributed by atoms with Gasteiger partial charge in [0.25, 0.3) is 0 Å². The number of hydrogen-bond acceptors (Lipinski definition) is 6. The van der Waals surface area contributed by atoms with Crippen LogP contribution in [0.3, 0.4) is 0 Å². The molecule has 0 saturated carbocycles. The third-order valence-electron chi connectivity index (χ3n) is 5.13. The first-order chi connectivity index (χ1) is 10.7. The van der Waals surface area contributed by atoms with Crippen LogP contribution in [0.2, 0.25) is 0 Å². The van der Waals surface area contributed by atoms with E-state index in [-0.39, 0.29) is 30.6 Å². The summed E-state index contributed by atoms with van der Waals surface area (Å²) < 4.78 is 17.6. The number of alkyl halides is 1. The van der Waals surface area contributed by atoms with Crippen LogP contribution in [0, 0.1) is 5.92 Å². The number of carbonyl (C=O) groups excluding carboxylic acids is 1. The quantitative estimate of drug-likeness (QED) is 0.737. The molecule has 2 fully saturated rings. The van der Waals surface area contributed by atoms with Gasteiger partial charge in [0, 0.05) is 30.5 Å². The molecule has 124 valence electrons. The molecule has 22 heavy (non-hydrogen) atoms. The van der Waals surface area contributed by atoms with Crippen molar-refractivity contribution in [2.24, 2.45) is 5.92 Å². The summed E-state index contributed by atoms with van der Waals surface area (Å²) in [5, 5.41) is 1.99. The number of fused-ring (bicyclic) bond motifs is 2. The third kappa shape index (κ3) is 2.67. The van der Waals surface area contributed by atoms with Crippen molar-refractivity contribution in [1.29, 1.82) is 0 Å². The van der Waals surface area contributed by atoms with Gasteiger partial charge in [-0.15, -0.1) is 5.53 Å². The minimum Gasteiger partial charge on any atom is -0.469 e. The predicted molar refractivity (Wildman–Crippen MR) is 79.9 cm³/mol. The molecule has 2 N–H and O–H groups in total. The smallest absolute Gasteiger partial charge is 0.312 e. The Morgan fingerprint density at radius 2 is 2.27 bits per heavy atom. The first-order valence-electron chi connectivity index (χ1n) is 8.03. The lowest BCUT2D eigenvalue weighted by Gasteiger charge is -2.45. The molecular weight excluding hydrogens is 287 g/mol. The topological polar surface area (TPSA) is 56.8 Å². The standard InChI is InChI=1S/C15H25FN4O2/c1-10-9-20(18-17-10)13-8-11-4-5-12(14(13)15(21)22-2)19(11)7-3-6-16/h9,11-14,17-18H,3-8H2,1-2H3. The molecule has 0 aliphatic carbocycles. The highest BCUT2D eigenvalue weighted by Gasteiger charge is 2.52. The average molecular weight is 312 g/mol. The fourth-order valence-electron chi connectivity index (χ4n) is 4.22. The van der Waals surface area contributed by atoms with E-state index >= 15 is 0 Å². The molecule has 3 aliphatic heterocycles. The molecule has 2 bridgehead atoms. The van der Waals surface area contributed by atoms with Crippen LogP contribution in [0.4, 0.5) is 4.39 Å². The molecule has 3 heterocycles. The van der Waals surface area contributed by atoms with Gasteiger partial charge in [0.15, 0.2) is 0 Å². The van der Waals surface area contributed by atoms with Gasteiger partial charge in [0.1, 0.15) is 0 Å².